The van der Waals surface area contributed by atoms with Crippen molar-refractivity contribution < 1.29 is 0 Å². The lowest BCUT2D eigenvalue weighted by atomic mass is 10.4. The van der Waals surface area contributed by atoms with Crippen LogP contribution in [-0.4, -0.2) is 31.2 Å². The molecule has 1 aliphatic heterocycles. The minimum atomic E-state index is 1.14. The van der Waals surface area contributed by atoms with Gasteiger partial charge in [0.15, 0.2) is 0 Å². The lowest BCUT2D eigenvalue weighted by molar-refractivity contribution is 0.718. The number of aromatic nitrogens is 1. The molecule has 1 saturated heterocycles. The highest BCUT2D eigenvalue weighted by molar-refractivity contribution is 4.88. The van der Waals surface area contributed by atoms with Crippen LogP contribution in [0.3, 0.4) is 0 Å². The van der Waals surface area contributed by atoms with Crippen molar-refractivity contribution in [3.63, 3.8) is 0 Å². The fourth-order valence-corrected chi connectivity index (χ4v) is 1.08. The van der Waals surface area contributed by atoms with Crippen LogP contribution in [0.15, 0.2) is 30.6 Å². The maximum atomic E-state index is 3.78. The third-order valence-corrected chi connectivity index (χ3v) is 1.75. The second-order valence-corrected chi connectivity index (χ2v) is 2.88. The Labute approximate surface area is 79.6 Å². The molecule has 0 radical (unpaired) electrons. The van der Waals surface area contributed by atoms with E-state index in [0.29, 0.717) is 0 Å². The molecule has 0 unspecified atom stereocenters. The molecule has 2 N–H and O–H groups in total. The molecule has 2 rings (SSSR count). The molecule has 0 spiro atoms. The molecular weight excluding hydrogens is 162 g/mol. The molecule has 2 heterocycles. The average Bonchev–Trinajstić information content (AvgIpc) is 2.53. The van der Waals surface area contributed by atoms with Gasteiger partial charge in [0.05, 0.1) is 0 Å². The molecule has 3 heteroatoms. The van der Waals surface area contributed by atoms with Gasteiger partial charge in [-0.25, -0.2) is 0 Å². The van der Waals surface area contributed by atoms with Crippen molar-refractivity contribution in [2.24, 2.45) is 0 Å². The summed E-state index contributed by atoms with van der Waals surface area (Å²) in [5, 5.41) is 6.57. The van der Waals surface area contributed by atoms with Crippen molar-refractivity contribution >= 4 is 0 Å². The molecule has 1 fully saturated rings. The zero-order chi connectivity index (χ0) is 9.19. The number of nitrogens with one attached hydrogen (secondary N) is 2. The molecule has 13 heavy (non-hydrogen) atoms. The van der Waals surface area contributed by atoms with Crippen molar-refractivity contribution in [2.45, 2.75) is 6.42 Å². The summed E-state index contributed by atoms with van der Waals surface area (Å²) < 4.78 is 0. The van der Waals surface area contributed by atoms with Gasteiger partial charge in [-0.3, -0.25) is 4.98 Å². The lowest BCUT2D eigenvalue weighted by Gasteiger charge is -1.92. The second kappa shape index (κ2) is 7.71. The van der Waals surface area contributed by atoms with E-state index in [1.54, 1.807) is 12.4 Å². The Morgan fingerprint density at radius 1 is 0.769 bits per heavy atom. The van der Waals surface area contributed by atoms with Crippen LogP contribution in [0, 0.1) is 0 Å². The molecule has 1 aliphatic rings. The molecular formula is C10H17N3. The molecule has 1 aromatic rings. The van der Waals surface area contributed by atoms with Crippen LogP contribution in [0.5, 0.6) is 0 Å². The summed E-state index contributed by atoms with van der Waals surface area (Å²) in [5.74, 6) is 0. The molecule has 0 aromatic carbocycles. The number of nitrogens with zero attached hydrogens (tertiary/aromatic N) is 1. The van der Waals surface area contributed by atoms with Gasteiger partial charge in [-0.15, -0.1) is 0 Å². The topological polar surface area (TPSA) is 37.0 Å². The van der Waals surface area contributed by atoms with Crippen molar-refractivity contribution in [1.82, 2.24) is 15.6 Å². The van der Waals surface area contributed by atoms with Crippen molar-refractivity contribution in [3.8, 4) is 0 Å². The number of hydrogen-bond donors (Lipinski definition) is 2. The first-order chi connectivity index (χ1) is 6.50. The van der Waals surface area contributed by atoms with Crippen LogP contribution in [0.1, 0.15) is 6.42 Å². The van der Waals surface area contributed by atoms with Crippen LogP contribution < -0.4 is 10.6 Å². The van der Waals surface area contributed by atoms with E-state index in [9.17, 15) is 0 Å². The molecule has 0 amide bonds. The Kier molecular flexibility index (Phi) is 6.02. The van der Waals surface area contributed by atoms with Gasteiger partial charge in [-0.2, -0.15) is 0 Å². The Morgan fingerprint density at radius 3 is 1.77 bits per heavy atom. The Morgan fingerprint density at radius 2 is 1.38 bits per heavy atom. The normalized spacial score (nSPS) is 16.6. The van der Waals surface area contributed by atoms with E-state index in [-0.39, 0.29) is 0 Å². The summed E-state index contributed by atoms with van der Waals surface area (Å²) in [6.45, 7) is 4.65. The van der Waals surface area contributed by atoms with E-state index in [4.69, 9.17) is 0 Å². The van der Waals surface area contributed by atoms with E-state index >= 15 is 0 Å². The predicted molar refractivity (Wildman–Crippen MR) is 54.6 cm³/mol. The van der Waals surface area contributed by atoms with Crippen molar-refractivity contribution in [2.75, 3.05) is 26.2 Å². The van der Waals surface area contributed by atoms with Gasteiger partial charge in [0.1, 0.15) is 0 Å². The van der Waals surface area contributed by atoms with Crippen LogP contribution in [0.4, 0.5) is 0 Å². The van der Waals surface area contributed by atoms with E-state index in [1.165, 1.54) is 19.5 Å². The lowest BCUT2D eigenvalue weighted by Crippen LogP contribution is -2.21. The Hall–Kier alpha value is -0.930. The van der Waals surface area contributed by atoms with Gasteiger partial charge in [0.2, 0.25) is 0 Å². The quantitative estimate of drug-likeness (QED) is 0.614. The van der Waals surface area contributed by atoms with Gasteiger partial charge in [-0.05, 0) is 31.6 Å². The highest BCUT2D eigenvalue weighted by Gasteiger charge is 1.92. The fourth-order valence-electron chi connectivity index (χ4n) is 1.08. The van der Waals surface area contributed by atoms with Gasteiger partial charge in [0.25, 0.3) is 0 Å². The monoisotopic (exact) mass is 179 g/mol. The van der Waals surface area contributed by atoms with E-state index in [2.05, 4.69) is 15.6 Å². The minimum Gasteiger partial charge on any atom is -0.315 e. The molecule has 3 nitrogen and oxygen atoms in total. The molecule has 1 aromatic heterocycles. The first-order valence-electron chi connectivity index (χ1n) is 4.76. The van der Waals surface area contributed by atoms with Crippen LogP contribution in [0.25, 0.3) is 0 Å². The first kappa shape index (κ1) is 10.2. The zero-order valence-electron chi connectivity index (χ0n) is 7.87. The standard InChI is InChI=1S/C5H12N2.C5H5N/c1-2-6-4-5-7-3-1;1-2-4-6-5-3-1/h6-7H,1-5H2;1-5H. The van der Waals surface area contributed by atoms with Crippen molar-refractivity contribution in [1.29, 1.82) is 0 Å². The number of rotatable bonds is 0. The molecule has 0 saturated carbocycles. The van der Waals surface area contributed by atoms with Gasteiger partial charge in [0, 0.05) is 25.5 Å². The van der Waals surface area contributed by atoms with Crippen LogP contribution >= 0.6 is 0 Å². The molecule has 72 valence electrons. The van der Waals surface area contributed by atoms with E-state index < -0.39 is 0 Å². The maximum Gasteiger partial charge on any atom is 0.0267 e. The molecule has 0 bridgehead atoms. The Balaban J connectivity index is 0.000000132. The largest absolute Gasteiger partial charge is 0.315 e. The highest BCUT2D eigenvalue weighted by Crippen LogP contribution is 1.76. The fraction of sp³-hybridized carbons (Fsp3) is 0.500. The average molecular weight is 179 g/mol. The summed E-state index contributed by atoms with van der Waals surface area (Å²) in [7, 11) is 0. The third kappa shape index (κ3) is 6.25. The Bertz CT molecular complexity index is 142. The smallest absolute Gasteiger partial charge is 0.0267 e. The van der Waals surface area contributed by atoms with Crippen LogP contribution in [0.2, 0.25) is 0 Å². The summed E-state index contributed by atoms with van der Waals surface area (Å²) in [4.78, 5) is 3.78. The zero-order valence-corrected chi connectivity index (χ0v) is 7.87. The minimum absolute atomic E-state index is 1.14. The summed E-state index contributed by atoms with van der Waals surface area (Å²) in [6.07, 6.45) is 4.78. The van der Waals surface area contributed by atoms with Crippen LogP contribution in [-0.2, 0) is 0 Å². The summed E-state index contributed by atoms with van der Waals surface area (Å²) >= 11 is 0. The van der Waals surface area contributed by atoms with E-state index in [1.807, 2.05) is 18.2 Å². The van der Waals surface area contributed by atoms with Gasteiger partial charge in [-0.1, -0.05) is 6.07 Å². The third-order valence-electron chi connectivity index (χ3n) is 1.75. The summed E-state index contributed by atoms with van der Waals surface area (Å²) in [6, 6.07) is 5.72. The maximum absolute atomic E-state index is 3.78. The predicted octanol–water partition coefficient (Wildman–Crippen LogP) is 0.651. The molecule has 0 atom stereocenters. The summed E-state index contributed by atoms with van der Waals surface area (Å²) in [5.41, 5.74) is 0. The highest BCUT2D eigenvalue weighted by atomic mass is 15.0. The second-order valence-electron chi connectivity index (χ2n) is 2.88. The van der Waals surface area contributed by atoms with Gasteiger partial charge >= 0.3 is 0 Å². The number of pyridine rings is 1. The first-order valence-corrected chi connectivity index (χ1v) is 4.76. The SMILES string of the molecule is C1CNCCNC1.c1ccncc1. The van der Waals surface area contributed by atoms with Gasteiger partial charge < -0.3 is 10.6 Å². The van der Waals surface area contributed by atoms with Crippen molar-refractivity contribution in [3.05, 3.63) is 30.6 Å². The number of hydrogen-bond acceptors (Lipinski definition) is 3. The van der Waals surface area contributed by atoms with E-state index in [0.717, 1.165) is 13.1 Å². The molecule has 0 aliphatic carbocycles.